The molecule has 0 heterocycles. The number of likely N-dealkylation sites (N-methyl/N-ethyl adjacent to an activating group) is 1. The van der Waals surface area contributed by atoms with Crippen molar-refractivity contribution in [1.29, 1.82) is 0 Å². The average Bonchev–Trinajstić information content (AvgIpc) is 2.48. The fourth-order valence-electron chi connectivity index (χ4n) is 2.14. The van der Waals surface area contributed by atoms with Crippen molar-refractivity contribution in [1.82, 2.24) is 10.2 Å². The summed E-state index contributed by atoms with van der Waals surface area (Å²) in [5.41, 5.74) is 0.691. The highest BCUT2D eigenvalue weighted by molar-refractivity contribution is 5.27. The van der Waals surface area contributed by atoms with Crippen molar-refractivity contribution in [3.8, 4) is 0 Å². The van der Waals surface area contributed by atoms with Crippen LogP contribution < -0.4 is 5.32 Å². The van der Waals surface area contributed by atoms with E-state index < -0.39 is 6.43 Å². The molecule has 1 aromatic rings. The van der Waals surface area contributed by atoms with Crippen molar-refractivity contribution in [3.63, 3.8) is 0 Å². The van der Waals surface area contributed by atoms with Gasteiger partial charge in [0.25, 0.3) is 6.43 Å². The van der Waals surface area contributed by atoms with E-state index in [1.54, 1.807) is 12.1 Å². The average molecular weight is 286 g/mol. The second-order valence-corrected chi connectivity index (χ2v) is 4.69. The maximum atomic E-state index is 12.7. The molecule has 0 aliphatic heterocycles. The molecule has 0 saturated carbocycles. The summed E-state index contributed by atoms with van der Waals surface area (Å²) in [5, 5.41) is 12.6. The van der Waals surface area contributed by atoms with Gasteiger partial charge in [-0.3, -0.25) is 0 Å². The molecule has 0 bridgehead atoms. The van der Waals surface area contributed by atoms with Crippen LogP contribution in [0.15, 0.2) is 24.3 Å². The number of nitrogens with one attached hydrogen (secondary N) is 1. The first-order chi connectivity index (χ1) is 9.62. The molecule has 0 aliphatic rings. The number of aliphatic hydroxyl groups is 1. The van der Waals surface area contributed by atoms with Gasteiger partial charge < -0.3 is 15.3 Å². The molecule has 0 saturated heterocycles. The van der Waals surface area contributed by atoms with E-state index in [2.05, 4.69) is 24.1 Å². The van der Waals surface area contributed by atoms with E-state index in [0.717, 1.165) is 19.6 Å². The highest BCUT2D eigenvalue weighted by atomic mass is 19.3. The van der Waals surface area contributed by atoms with Gasteiger partial charge in [0.1, 0.15) is 0 Å². The fraction of sp³-hybridized carbons (Fsp3) is 0.600. The molecular weight excluding hydrogens is 262 g/mol. The number of halogens is 2. The lowest BCUT2D eigenvalue weighted by Crippen LogP contribution is -2.34. The van der Waals surface area contributed by atoms with E-state index in [-0.39, 0.29) is 18.2 Å². The molecule has 1 aromatic carbocycles. The van der Waals surface area contributed by atoms with Crippen LogP contribution in [0.5, 0.6) is 0 Å². The lowest BCUT2D eigenvalue weighted by Gasteiger charge is -2.22. The number of alkyl halides is 2. The minimum absolute atomic E-state index is 0.00788. The molecule has 0 aliphatic carbocycles. The van der Waals surface area contributed by atoms with E-state index >= 15 is 0 Å². The number of hydrogen-bond donors (Lipinski definition) is 2. The molecule has 0 radical (unpaired) electrons. The topological polar surface area (TPSA) is 35.5 Å². The van der Waals surface area contributed by atoms with Crippen LogP contribution in [0.3, 0.4) is 0 Å². The van der Waals surface area contributed by atoms with Crippen LogP contribution in [-0.4, -0.2) is 42.8 Å². The Morgan fingerprint density at radius 2 is 1.85 bits per heavy atom. The van der Waals surface area contributed by atoms with Crippen molar-refractivity contribution in [3.05, 3.63) is 35.4 Å². The first kappa shape index (κ1) is 17.0. The van der Waals surface area contributed by atoms with Gasteiger partial charge in [0.05, 0.1) is 12.6 Å². The molecule has 1 unspecified atom stereocenters. The largest absolute Gasteiger partial charge is 0.394 e. The maximum Gasteiger partial charge on any atom is 0.263 e. The first-order valence-corrected chi connectivity index (χ1v) is 7.06. The zero-order valence-corrected chi connectivity index (χ0v) is 12.1. The van der Waals surface area contributed by atoms with Crippen molar-refractivity contribution >= 4 is 0 Å². The molecular formula is C15H24F2N2O. The summed E-state index contributed by atoms with van der Waals surface area (Å²) in [6, 6.07) is 5.92. The predicted octanol–water partition coefficient (Wildman–Crippen LogP) is 2.59. The van der Waals surface area contributed by atoms with Crippen LogP contribution >= 0.6 is 0 Å². The smallest absolute Gasteiger partial charge is 0.263 e. The zero-order valence-electron chi connectivity index (χ0n) is 12.1. The number of nitrogens with zero attached hydrogens (tertiary/aromatic N) is 1. The first-order valence-electron chi connectivity index (χ1n) is 7.06. The minimum Gasteiger partial charge on any atom is -0.394 e. The van der Waals surface area contributed by atoms with Gasteiger partial charge in [-0.1, -0.05) is 32.0 Å². The van der Waals surface area contributed by atoms with Gasteiger partial charge in [0, 0.05) is 18.7 Å². The third kappa shape index (κ3) is 5.15. The van der Waals surface area contributed by atoms with E-state index in [1.165, 1.54) is 12.1 Å². The molecule has 114 valence electrons. The summed E-state index contributed by atoms with van der Waals surface area (Å²) in [6.45, 7) is 7.62. The molecule has 20 heavy (non-hydrogen) atoms. The van der Waals surface area contributed by atoms with Gasteiger partial charge in [0.2, 0.25) is 0 Å². The SMILES string of the molecule is CCN(CC)CCNC(CO)c1cccc(C(F)F)c1. The van der Waals surface area contributed by atoms with Gasteiger partial charge in [0.15, 0.2) is 0 Å². The van der Waals surface area contributed by atoms with Crippen molar-refractivity contribution in [2.45, 2.75) is 26.3 Å². The Morgan fingerprint density at radius 1 is 1.20 bits per heavy atom. The lowest BCUT2D eigenvalue weighted by molar-refractivity contribution is 0.151. The summed E-state index contributed by atoms with van der Waals surface area (Å²) in [7, 11) is 0. The molecule has 0 amide bonds. The van der Waals surface area contributed by atoms with Crippen LogP contribution in [0.2, 0.25) is 0 Å². The van der Waals surface area contributed by atoms with Crippen LogP contribution in [0.25, 0.3) is 0 Å². The van der Waals surface area contributed by atoms with E-state index in [4.69, 9.17) is 0 Å². The summed E-state index contributed by atoms with van der Waals surface area (Å²) in [5.74, 6) is 0. The summed E-state index contributed by atoms with van der Waals surface area (Å²) < 4.78 is 25.3. The Morgan fingerprint density at radius 3 is 2.40 bits per heavy atom. The third-order valence-electron chi connectivity index (χ3n) is 3.46. The molecule has 5 heteroatoms. The Balaban J connectivity index is 2.59. The normalized spacial score (nSPS) is 13.2. The van der Waals surface area contributed by atoms with Crippen LogP contribution in [0.1, 0.15) is 37.4 Å². The quantitative estimate of drug-likeness (QED) is 0.732. The number of rotatable bonds is 9. The van der Waals surface area contributed by atoms with Crippen LogP contribution in [0, 0.1) is 0 Å². The zero-order chi connectivity index (χ0) is 15.0. The van der Waals surface area contributed by atoms with E-state index in [1.807, 2.05) is 0 Å². The van der Waals surface area contributed by atoms with Crippen molar-refractivity contribution in [2.75, 3.05) is 32.8 Å². The fourth-order valence-corrected chi connectivity index (χ4v) is 2.14. The lowest BCUT2D eigenvalue weighted by atomic mass is 10.0. The molecule has 1 atom stereocenters. The molecule has 2 N–H and O–H groups in total. The van der Waals surface area contributed by atoms with E-state index in [0.29, 0.717) is 12.1 Å². The Hall–Kier alpha value is -1.04. The van der Waals surface area contributed by atoms with Gasteiger partial charge in [-0.15, -0.1) is 0 Å². The summed E-state index contributed by atoms with van der Waals surface area (Å²) >= 11 is 0. The highest BCUT2D eigenvalue weighted by Gasteiger charge is 2.13. The maximum absolute atomic E-state index is 12.7. The molecule has 1 rings (SSSR count). The number of benzene rings is 1. The summed E-state index contributed by atoms with van der Waals surface area (Å²) in [4.78, 5) is 2.26. The number of hydrogen-bond acceptors (Lipinski definition) is 3. The van der Waals surface area contributed by atoms with Gasteiger partial charge >= 0.3 is 0 Å². The molecule has 3 nitrogen and oxygen atoms in total. The van der Waals surface area contributed by atoms with Crippen LogP contribution in [-0.2, 0) is 0 Å². The van der Waals surface area contributed by atoms with Crippen molar-refractivity contribution < 1.29 is 13.9 Å². The third-order valence-corrected chi connectivity index (χ3v) is 3.46. The Kier molecular flexibility index (Phi) is 7.65. The van der Waals surface area contributed by atoms with Crippen LogP contribution in [0.4, 0.5) is 8.78 Å². The summed E-state index contributed by atoms with van der Waals surface area (Å²) in [6.07, 6.45) is -2.48. The molecule has 0 aromatic heterocycles. The second kappa shape index (κ2) is 9.00. The van der Waals surface area contributed by atoms with Gasteiger partial charge in [-0.2, -0.15) is 0 Å². The number of aliphatic hydroxyl groups excluding tert-OH is 1. The Labute approximate surface area is 119 Å². The second-order valence-electron chi connectivity index (χ2n) is 4.69. The predicted molar refractivity (Wildman–Crippen MR) is 77.0 cm³/mol. The van der Waals surface area contributed by atoms with Crippen molar-refractivity contribution in [2.24, 2.45) is 0 Å². The Bertz CT molecular complexity index is 384. The highest BCUT2D eigenvalue weighted by Crippen LogP contribution is 2.22. The molecule has 0 spiro atoms. The van der Waals surface area contributed by atoms with Gasteiger partial charge in [-0.05, 0) is 24.7 Å². The minimum atomic E-state index is -2.48. The van der Waals surface area contributed by atoms with E-state index in [9.17, 15) is 13.9 Å². The standard InChI is InChI=1S/C15H24F2N2O/c1-3-19(4-2)9-8-18-14(11-20)12-6-5-7-13(10-12)15(16)17/h5-7,10,14-15,18,20H,3-4,8-9,11H2,1-2H3. The molecule has 0 fully saturated rings. The van der Waals surface area contributed by atoms with Gasteiger partial charge in [-0.25, -0.2) is 8.78 Å². The monoisotopic (exact) mass is 286 g/mol.